The van der Waals surface area contributed by atoms with Crippen LogP contribution in [0.4, 0.5) is 4.39 Å². The largest absolute Gasteiger partial charge is 0.297 e. The molecular weight excluding hydrogens is 159 g/mol. The van der Waals surface area contributed by atoms with Crippen LogP contribution >= 0.6 is 0 Å². The van der Waals surface area contributed by atoms with Crippen molar-refractivity contribution in [3.05, 3.63) is 33.9 Å². The minimum atomic E-state index is -0.384. The molecule has 62 valence electrons. The van der Waals surface area contributed by atoms with Crippen molar-refractivity contribution in [1.82, 2.24) is 10.2 Å². The molecule has 0 radical (unpaired) electrons. The Balaban J connectivity index is 3.02. The van der Waals surface area contributed by atoms with Gasteiger partial charge in [-0.15, -0.1) is 0 Å². The van der Waals surface area contributed by atoms with E-state index in [9.17, 15) is 9.18 Å². The maximum absolute atomic E-state index is 12.8. The molecule has 2 rings (SSSR count). The summed E-state index contributed by atoms with van der Waals surface area (Å²) in [7, 11) is 0. The number of benzene rings is 1. The summed E-state index contributed by atoms with van der Waals surface area (Å²) in [5, 5.41) is 5.44. The molecule has 4 heteroatoms. The smallest absolute Gasteiger partial charge is 0.271 e. The fourth-order valence-corrected chi connectivity index (χ4v) is 1.27. The van der Waals surface area contributed by atoms with Crippen molar-refractivity contribution in [2.75, 3.05) is 0 Å². The first-order valence-corrected chi connectivity index (χ1v) is 3.55. The molecule has 2 aromatic rings. The lowest BCUT2D eigenvalue weighted by Gasteiger charge is -1.93. The molecule has 1 aromatic carbocycles. The van der Waals surface area contributed by atoms with Gasteiger partial charge < -0.3 is 0 Å². The lowest BCUT2D eigenvalue weighted by molar-refractivity contribution is 0.628. The van der Waals surface area contributed by atoms with Crippen LogP contribution < -0.4 is 5.56 Å². The second-order valence-electron chi connectivity index (χ2n) is 2.72. The second-order valence-corrected chi connectivity index (χ2v) is 2.72. The van der Waals surface area contributed by atoms with Gasteiger partial charge in [-0.1, -0.05) is 0 Å². The SMILES string of the molecule is Cc1cc(F)cc2c(=O)[nH][nH]c12. The molecule has 0 amide bonds. The Kier molecular flexibility index (Phi) is 1.30. The van der Waals surface area contributed by atoms with Crippen molar-refractivity contribution in [2.24, 2.45) is 0 Å². The summed E-state index contributed by atoms with van der Waals surface area (Å²) in [4.78, 5) is 11.0. The number of aromatic nitrogens is 2. The summed E-state index contributed by atoms with van der Waals surface area (Å²) in [6.45, 7) is 1.75. The fraction of sp³-hybridized carbons (Fsp3) is 0.125. The van der Waals surface area contributed by atoms with Crippen molar-refractivity contribution in [3.63, 3.8) is 0 Å². The minimum Gasteiger partial charge on any atom is -0.297 e. The summed E-state index contributed by atoms with van der Waals surface area (Å²) < 4.78 is 12.8. The molecule has 0 aliphatic carbocycles. The zero-order valence-corrected chi connectivity index (χ0v) is 6.44. The van der Waals surface area contributed by atoms with Gasteiger partial charge in [0, 0.05) is 0 Å². The van der Waals surface area contributed by atoms with Crippen LogP contribution in [0.1, 0.15) is 5.56 Å². The molecule has 12 heavy (non-hydrogen) atoms. The predicted octanol–water partition coefficient (Wildman–Crippen LogP) is 1.30. The number of rotatable bonds is 0. The molecule has 0 fully saturated rings. The highest BCUT2D eigenvalue weighted by atomic mass is 19.1. The highest BCUT2D eigenvalue weighted by Gasteiger charge is 2.04. The Morgan fingerprint density at radius 3 is 2.83 bits per heavy atom. The van der Waals surface area contributed by atoms with Crippen molar-refractivity contribution >= 4 is 10.9 Å². The summed E-state index contributed by atoms with van der Waals surface area (Å²) in [6.07, 6.45) is 0. The van der Waals surface area contributed by atoms with Crippen LogP contribution in [-0.2, 0) is 0 Å². The summed E-state index contributed by atoms with van der Waals surface area (Å²) in [6, 6.07) is 2.60. The van der Waals surface area contributed by atoms with Crippen molar-refractivity contribution < 1.29 is 4.39 Å². The van der Waals surface area contributed by atoms with Crippen molar-refractivity contribution in [3.8, 4) is 0 Å². The Bertz CT molecular complexity index is 483. The zero-order valence-electron chi connectivity index (χ0n) is 6.44. The van der Waals surface area contributed by atoms with Gasteiger partial charge in [0.2, 0.25) is 0 Å². The van der Waals surface area contributed by atoms with Crippen LogP contribution in [-0.4, -0.2) is 10.2 Å². The molecule has 1 aromatic heterocycles. The predicted molar refractivity (Wildman–Crippen MR) is 43.6 cm³/mol. The molecule has 0 aliphatic heterocycles. The monoisotopic (exact) mass is 166 g/mol. The summed E-state index contributed by atoms with van der Waals surface area (Å²) in [5.74, 6) is -0.384. The number of nitrogens with one attached hydrogen (secondary N) is 2. The van der Waals surface area contributed by atoms with E-state index in [2.05, 4.69) is 10.2 Å². The van der Waals surface area contributed by atoms with Gasteiger partial charge in [0.1, 0.15) is 5.82 Å². The maximum Gasteiger partial charge on any atom is 0.271 e. The Morgan fingerprint density at radius 2 is 2.08 bits per heavy atom. The number of hydrogen-bond donors (Lipinski definition) is 2. The van der Waals surface area contributed by atoms with Gasteiger partial charge >= 0.3 is 0 Å². The third-order valence-corrected chi connectivity index (χ3v) is 1.85. The second kappa shape index (κ2) is 2.20. The lowest BCUT2D eigenvalue weighted by atomic mass is 10.1. The first-order chi connectivity index (χ1) is 5.68. The van der Waals surface area contributed by atoms with Gasteiger partial charge in [0.15, 0.2) is 0 Å². The Labute approximate surface area is 67.2 Å². The molecule has 0 atom stereocenters. The number of fused-ring (bicyclic) bond motifs is 1. The number of halogens is 1. The molecule has 0 bridgehead atoms. The third-order valence-electron chi connectivity index (χ3n) is 1.85. The molecular formula is C8H7FN2O. The lowest BCUT2D eigenvalue weighted by Crippen LogP contribution is -1.97. The van der Waals surface area contributed by atoms with Crippen LogP contribution in [0.3, 0.4) is 0 Å². The zero-order chi connectivity index (χ0) is 8.72. The topological polar surface area (TPSA) is 48.6 Å². The summed E-state index contributed by atoms with van der Waals surface area (Å²) >= 11 is 0. The van der Waals surface area contributed by atoms with E-state index in [0.29, 0.717) is 10.9 Å². The first-order valence-electron chi connectivity index (χ1n) is 3.55. The van der Waals surface area contributed by atoms with E-state index in [1.807, 2.05) is 0 Å². The number of aromatic amines is 2. The van der Waals surface area contributed by atoms with Crippen molar-refractivity contribution in [2.45, 2.75) is 6.92 Å². The van der Waals surface area contributed by atoms with Crippen LogP contribution in [0.25, 0.3) is 10.9 Å². The molecule has 0 spiro atoms. The van der Waals surface area contributed by atoms with E-state index < -0.39 is 0 Å². The number of hydrogen-bond acceptors (Lipinski definition) is 1. The van der Waals surface area contributed by atoms with E-state index in [0.717, 1.165) is 5.56 Å². The Hall–Kier alpha value is -1.58. The van der Waals surface area contributed by atoms with Crippen LogP contribution in [0.5, 0.6) is 0 Å². The maximum atomic E-state index is 12.8. The molecule has 2 N–H and O–H groups in total. The molecule has 0 unspecified atom stereocenters. The van der Waals surface area contributed by atoms with Gasteiger partial charge in [0.05, 0.1) is 10.9 Å². The molecule has 0 saturated heterocycles. The van der Waals surface area contributed by atoms with Crippen LogP contribution in [0, 0.1) is 12.7 Å². The Morgan fingerprint density at radius 1 is 1.33 bits per heavy atom. The number of H-pyrrole nitrogens is 2. The highest BCUT2D eigenvalue weighted by Crippen LogP contribution is 2.13. The molecule has 0 aliphatic rings. The summed E-state index contributed by atoms with van der Waals surface area (Å²) in [5.41, 5.74) is 1.11. The average molecular weight is 166 g/mol. The number of aryl methyl sites for hydroxylation is 1. The fourth-order valence-electron chi connectivity index (χ4n) is 1.27. The van der Waals surface area contributed by atoms with Crippen LogP contribution in [0.2, 0.25) is 0 Å². The van der Waals surface area contributed by atoms with E-state index >= 15 is 0 Å². The first kappa shape index (κ1) is 7.09. The average Bonchev–Trinajstić information content (AvgIpc) is 2.33. The highest BCUT2D eigenvalue weighted by molar-refractivity contribution is 5.80. The van der Waals surface area contributed by atoms with E-state index in [4.69, 9.17) is 0 Å². The van der Waals surface area contributed by atoms with E-state index in [-0.39, 0.29) is 11.4 Å². The van der Waals surface area contributed by atoms with E-state index in [1.54, 1.807) is 6.92 Å². The van der Waals surface area contributed by atoms with Crippen LogP contribution in [0.15, 0.2) is 16.9 Å². The molecule has 0 saturated carbocycles. The van der Waals surface area contributed by atoms with Gasteiger partial charge in [-0.05, 0) is 24.6 Å². The minimum absolute atomic E-state index is 0.285. The quantitative estimate of drug-likeness (QED) is 0.609. The molecule has 3 nitrogen and oxygen atoms in total. The van der Waals surface area contributed by atoms with Gasteiger partial charge in [-0.3, -0.25) is 15.0 Å². The standard InChI is InChI=1S/C8H7FN2O/c1-4-2-5(9)3-6-7(4)10-11-8(6)12/h2-3H,1H3,(H2,10,11,12). The molecule has 1 heterocycles. The van der Waals surface area contributed by atoms with Crippen molar-refractivity contribution in [1.29, 1.82) is 0 Å². The van der Waals surface area contributed by atoms with E-state index in [1.165, 1.54) is 12.1 Å². The third kappa shape index (κ3) is 0.845. The van der Waals surface area contributed by atoms with Gasteiger partial charge in [0.25, 0.3) is 5.56 Å². The normalized spacial score (nSPS) is 10.8. The van der Waals surface area contributed by atoms with Gasteiger partial charge in [-0.2, -0.15) is 0 Å². The van der Waals surface area contributed by atoms with Gasteiger partial charge in [-0.25, -0.2) is 4.39 Å².